The van der Waals surface area contributed by atoms with Gasteiger partial charge in [-0.2, -0.15) is 0 Å². The van der Waals surface area contributed by atoms with Gasteiger partial charge in [0.25, 0.3) is 0 Å². The molecule has 0 saturated carbocycles. The first-order valence-corrected chi connectivity index (χ1v) is 6.94. The maximum Gasteiger partial charge on any atom is 0.228 e. The van der Waals surface area contributed by atoms with Gasteiger partial charge in [-0.05, 0) is 24.3 Å². The van der Waals surface area contributed by atoms with E-state index >= 15 is 0 Å². The number of alkyl halides is 1. The van der Waals surface area contributed by atoms with Crippen molar-refractivity contribution in [2.24, 2.45) is 0 Å². The largest absolute Gasteiger partial charge is 0.309 e. The van der Waals surface area contributed by atoms with Gasteiger partial charge in [0.15, 0.2) is 0 Å². The summed E-state index contributed by atoms with van der Waals surface area (Å²) in [6, 6.07) is 7.46. The van der Waals surface area contributed by atoms with Crippen molar-refractivity contribution in [1.29, 1.82) is 0 Å². The molecule has 1 aromatic carbocycles. The molecule has 5 heteroatoms. The van der Waals surface area contributed by atoms with E-state index in [1.165, 1.54) is 0 Å². The molecule has 2 heterocycles. The highest BCUT2D eigenvalue weighted by atomic mass is 79.9. The fourth-order valence-corrected chi connectivity index (χ4v) is 3.10. The van der Waals surface area contributed by atoms with Gasteiger partial charge in [-0.1, -0.05) is 27.5 Å². The lowest BCUT2D eigenvalue weighted by Crippen LogP contribution is -2.25. The number of fused-ring (bicyclic) bond motifs is 1. The van der Waals surface area contributed by atoms with E-state index in [9.17, 15) is 4.79 Å². The zero-order valence-corrected chi connectivity index (χ0v) is 11.8. The number of aromatic nitrogens is 1. The van der Waals surface area contributed by atoms with Gasteiger partial charge in [-0.15, -0.1) is 0 Å². The lowest BCUT2D eigenvalue weighted by Gasteiger charge is -2.19. The third-order valence-corrected chi connectivity index (χ3v) is 3.97. The Balaban J connectivity index is 2.22. The van der Waals surface area contributed by atoms with E-state index in [1.54, 1.807) is 17.2 Å². The Hall–Kier alpha value is -1.13. The molecule has 1 aliphatic rings. The monoisotopic (exact) mass is 324 g/mol. The molecule has 0 spiro atoms. The molecule has 1 aliphatic heterocycles. The summed E-state index contributed by atoms with van der Waals surface area (Å²) in [6.07, 6.45) is 2.24. The van der Waals surface area contributed by atoms with Gasteiger partial charge in [0, 0.05) is 29.4 Å². The highest BCUT2D eigenvalue weighted by molar-refractivity contribution is 9.09. The van der Waals surface area contributed by atoms with Gasteiger partial charge in [0.05, 0.1) is 16.2 Å². The van der Waals surface area contributed by atoms with Crippen LogP contribution in [0.25, 0.3) is 10.9 Å². The smallest absolute Gasteiger partial charge is 0.228 e. The molecule has 18 heavy (non-hydrogen) atoms. The van der Waals surface area contributed by atoms with Crippen molar-refractivity contribution < 1.29 is 4.79 Å². The molecule has 1 fully saturated rings. The average Bonchev–Trinajstić information content (AvgIpc) is 2.68. The summed E-state index contributed by atoms with van der Waals surface area (Å²) in [5.41, 5.74) is 1.62. The second kappa shape index (κ2) is 4.52. The van der Waals surface area contributed by atoms with Gasteiger partial charge in [-0.25, -0.2) is 0 Å². The van der Waals surface area contributed by atoms with Crippen LogP contribution in [-0.4, -0.2) is 22.3 Å². The maximum atomic E-state index is 12.0. The van der Waals surface area contributed by atoms with Crippen LogP contribution >= 0.6 is 27.5 Å². The summed E-state index contributed by atoms with van der Waals surface area (Å²) in [4.78, 5) is 18.2. The van der Waals surface area contributed by atoms with Gasteiger partial charge >= 0.3 is 0 Å². The molecule has 92 valence electrons. The molecule has 1 unspecified atom stereocenters. The number of rotatable bonds is 1. The zero-order valence-electron chi connectivity index (χ0n) is 9.44. The standard InChI is InChI=1S/C13H10BrClN2O/c14-8-6-12(18)17(7-8)13-9-2-1-5-16-11(9)4-3-10(13)15/h1-5,8H,6-7H2. The third-order valence-electron chi connectivity index (χ3n) is 3.06. The van der Waals surface area contributed by atoms with Crippen molar-refractivity contribution in [1.82, 2.24) is 4.98 Å². The molecule has 0 radical (unpaired) electrons. The van der Waals surface area contributed by atoms with Crippen LogP contribution in [0.1, 0.15) is 6.42 Å². The van der Waals surface area contributed by atoms with E-state index < -0.39 is 0 Å². The van der Waals surface area contributed by atoms with Gasteiger partial charge in [0.1, 0.15) is 0 Å². The quantitative estimate of drug-likeness (QED) is 0.753. The van der Waals surface area contributed by atoms with Gasteiger partial charge in [0.2, 0.25) is 5.91 Å². The number of carbonyl (C=O) groups excluding carboxylic acids is 1. The maximum absolute atomic E-state index is 12.0. The second-order valence-corrected chi connectivity index (χ2v) is 5.97. The molecule has 0 N–H and O–H groups in total. The predicted molar refractivity (Wildman–Crippen MR) is 76.4 cm³/mol. The lowest BCUT2D eigenvalue weighted by atomic mass is 10.1. The van der Waals surface area contributed by atoms with Crippen LogP contribution in [0.4, 0.5) is 5.69 Å². The Morgan fingerprint density at radius 1 is 1.39 bits per heavy atom. The number of hydrogen-bond donors (Lipinski definition) is 0. The summed E-state index contributed by atoms with van der Waals surface area (Å²) in [6.45, 7) is 0.645. The highest BCUT2D eigenvalue weighted by Crippen LogP contribution is 2.36. The van der Waals surface area contributed by atoms with E-state index in [-0.39, 0.29) is 10.7 Å². The van der Waals surface area contributed by atoms with Crippen LogP contribution in [0.15, 0.2) is 30.5 Å². The molecule has 3 rings (SSSR count). The Kier molecular flexibility index (Phi) is 2.99. The Morgan fingerprint density at radius 2 is 2.22 bits per heavy atom. The Bertz CT molecular complexity index is 631. The number of hydrogen-bond acceptors (Lipinski definition) is 2. The van der Waals surface area contributed by atoms with E-state index in [2.05, 4.69) is 20.9 Å². The van der Waals surface area contributed by atoms with Crippen molar-refractivity contribution in [2.45, 2.75) is 11.2 Å². The summed E-state index contributed by atoms with van der Waals surface area (Å²) < 4.78 is 0. The number of anilines is 1. The molecule has 3 nitrogen and oxygen atoms in total. The Labute approximate surface area is 118 Å². The molecular formula is C13H10BrClN2O. The molecule has 1 saturated heterocycles. The molecule has 1 amide bonds. The van der Waals surface area contributed by atoms with Crippen LogP contribution in [-0.2, 0) is 4.79 Å². The van der Waals surface area contributed by atoms with E-state index in [0.29, 0.717) is 18.0 Å². The van der Waals surface area contributed by atoms with Crippen LogP contribution in [0, 0.1) is 0 Å². The summed E-state index contributed by atoms with van der Waals surface area (Å²) >= 11 is 9.74. The number of carbonyl (C=O) groups is 1. The van der Waals surface area contributed by atoms with Crippen molar-refractivity contribution in [3.8, 4) is 0 Å². The minimum atomic E-state index is 0.0927. The third kappa shape index (κ3) is 1.89. The van der Waals surface area contributed by atoms with Gasteiger partial charge in [-0.3, -0.25) is 9.78 Å². The molecule has 2 aromatic rings. The fourth-order valence-electron chi connectivity index (χ4n) is 2.26. The van der Waals surface area contributed by atoms with E-state index in [4.69, 9.17) is 11.6 Å². The molecule has 0 aliphatic carbocycles. The van der Waals surface area contributed by atoms with Crippen LogP contribution in [0.2, 0.25) is 5.02 Å². The number of nitrogens with zero attached hydrogens (tertiary/aromatic N) is 2. The minimum Gasteiger partial charge on any atom is -0.309 e. The zero-order chi connectivity index (χ0) is 12.7. The van der Waals surface area contributed by atoms with Crippen molar-refractivity contribution >= 4 is 50.0 Å². The van der Waals surface area contributed by atoms with Crippen molar-refractivity contribution in [3.63, 3.8) is 0 Å². The number of benzene rings is 1. The van der Waals surface area contributed by atoms with Crippen LogP contribution in [0.3, 0.4) is 0 Å². The second-order valence-electron chi connectivity index (χ2n) is 4.27. The summed E-state index contributed by atoms with van der Waals surface area (Å²) in [7, 11) is 0. The Morgan fingerprint density at radius 3 is 2.94 bits per heavy atom. The van der Waals surface area contributed by atoms with Crippen molar-refractivity contribution in [2.75, 3.05) is 11.4 Å². The van der Waals surface area contributed by atoms with Crippen LogP contribution < -0.4 is 4.90 Å². The highest BCUT2D eigenvalue weighted by Gasteiger charge is 2.31. The molecule has 1 atom stereocenters. The van der Waals surface area contributed by atoms with Gasteiger partial charge < -0.3 is 4.90 Å². The first-order valence-electron chi connectivity index (χ1n) is 5.64. The fraction of sp³-hybridized carbons (Fsp3) is 0.231. The normalized spacial score (nSPS) is 19.8. The SMILES string of the molecule is O=C1CC(Br)CN1c1c(Cl)ccc2ncccc12. The number of halogens is 2. The summed E-state index contributed by atoms with van der Waals surface area (Å²) in [5.74, 6) is 0.0927. The van der Waals surface area contributed by atoms with Crippen LogP contribution in [0.5, 0.6) is 0 Å². The summed E-state index contributed by atoms with van der Waals surface area (Å²) in [5, 5.41) is 1.51. The van der Waals surface area contributed by atoms with E-state index in [1.807, 2.05) is 18.2 Å². The molecular weight excluding hydrogens is 316 g/mol. The number of pyridine rings is 1. The molecule has 0 bridgehead atoms. The minimum absolute atomic E-state index is 0.0927. The average molecular weight is 326 g/mol. The lowest BCUT2D eigenvalue weighted by molar-refractivity contribution is -0.117. The number of amides is 1. The van der Waals surface area contributed by atoms with Crippen molar-refractivity contribution in [3.05, 3.63) is 35.5 Å². The topological polar surface area (TPSA) is 33.2 Å². The first-order chi connectivity index (χ1) is 8.66. The predicted octanol–water partition coefficient (Wildman–Crippen LogP) is 3.39. The van der Waals surface area contributed by atoms with E-state index in [0.717, 1.165) is 16.6 Å². The first kappa shape index (κ1) is 11.9. The molecule has 1 aromatic heterocycles.